The smallest absolute Gasteiger partial charge is 0.408 e. The number of rotatable bonds is 1. The molecule has 0 aromatic rings. The first-order valence-corrected chi connectivity index (χ1v) is 5.15. The molecule has 0 aromatic heterocycles. The van der Waals surface area contributed by atoms with E-state index in [1.165, 1.54) is 0 Å². The number of carbonyl (C=O) groups excluding carboxylic acids is 2. The fraction of sp³-hybridized carbons (Fsp3) is 0.800. The quantitative estimate of drug-likeness (QED) is 0.678. The molecule has 1 aliphatic rings. The topological polar surface area (TPSA) is 67.4 Å². The highest BCUT2D eigenvalue weighted by Gasteiger charge is 2.26. The summed E-state index contributed by atoms with van der Waals surface area (Å²) in [6.45, 7) is 6.24. The van der Waals surface area contributed by atoms with Crippen LogP contribution in [-0.4, -0.2) is 30.2 Å². The van der Waals surface area contributed by atoms with E-state index in [1.54, 1.807) is 0 Å². The van der Waals surface area contributed by atoms with Crippen LogP contribution in [0.4, 0.5) is 4.79 Å². The highest BCUT2D eigenvalue weighted by atomic mass is 16.6. The van der Waals surface area contributed by atoms with Crippen LogP contribution in [0.1, 0.15) is 33.6 Å². The van der Waals surface area contributed by atoms with Crippen LogP contribution in [0.3, 0.4) is 0 Å². The molecule has 15 heavy (non-hydrogen) atoms. The van der Waals surface area contributed by atoms with E-state index >= 15 is 0 Å². The van der Waals surface area contributed by atoms with Crippen molar-refractivity contribution >= 4 is 12.0 Å². The van der Waals surface area contributed by atoms with E-state index < -0.39 is 12.2 Å². The Labute approximate surface area is 89.6 Å². The Kier molecular flexibility index (Phi) is 3.55. The van der Waals surface area contributed by atoms with Crippen molar-refractivity contribution in [2.75, 3.05) is 6.54 Å². The van der Waals surface area contributed by atoms with Gasteiger partial charge in [0.15, 0.2) is 6.10 Å². The summed E-state index contributed by atoms with van der Waals surface area (Å²) in [5.74, 6) is -0.203. The Morgan fingerprint density at radius 1 is 1.53 bits per heavy atom. The van der Waals surface area contributed by atoms with Crippen LogP contribution in [0, 0.1) is 0 Å². The fourth-order valence-corrected chi connectivity index (χ4v) is 1.32. The summed E-state index contributed by atoms with van der Waals surface area (Å²) >= 11 is 0. The normalized spacial score (nSPS) is 21.8. The van der Waals surface area contributed by atoms with Crippen molar-refractivity contribution in [3.05, 3.63) is 0 Å². The number of piperidine rings is 1. The van der Waals surface area contributed by atoms with E-state index in [2.05, 4.69) is 10.6 Å². The van der Waals surface area contributed by atoms with E-state index in [1.807, 2.05) is 20.8 Å². The lowest BCUT2D eigenvalue weighted by atomic mass is 10.1. The first-order chi connectivity index (χ1) is 6.88. The van der Waals surface area contributed by atoms with Crippen LogP contribution >= 0.6 is 0 Å². The highest BCUT2D eigenvalue weighted by molar-refractivity contribution is 5.84. The molecule has 0 spiro atoms. The lowest BCUT2D eigenvalue weighted by Gasteiger charge is -2.25. The van der Waals surface area contributed by atoms with Crippen molar-refractivity contribution < 1.29 is 14.3 Å². The van der Waals surface area contributed by atoms with Crippen LogP contribution < -0.4 is 10.6 Å². The van der Waals surface area contributed by atoms with Gasteiger partial charge in [-0.15, -0.1) is 0 Å². The maximum Gasteiger partial charge on any atom is 0.408 e. The van der Waals surface area contributed by atoms with Crippen molar-refractivity contribution in [1.29, 1.82) is 0 Å². The minimum absolute atomic E-state index is 0.203. The Bertz CT molecular complexity index is 258. The molecular formula is C10H18N2O3. The minimum atomic E-state index is -0.638. The molecule has 86 valence electrons. The van der Waals surface area contributed by atoms with Gasteiger partial charge in [-0.2, -0.15) is 0 Å². The molecule has 1 fully saturated rings. The fourth-order valence-electron chi connectivity index (χ4n) is 1.32. The number of ether oxygens (including phenoxy) is 1. The van der Waals surface area contributed by atoms with Crippen LogP contribution in [0.25, 0.3) is 0 Å². The second-order valence-electron chi connectivity index (χ2n) is 4.70. The number of hydrogen-bond acceptors (Lipinski definition) is 3. The lowest BCUT2D eigenvalue weighted by Crippen LogP contribution is -2.47. The third kappa shape index (κ3) is 4.18. The van der Waals surface area contributed by atoms with Gasteiger partial charge in [-0.3, -0.25) is 4.79 Å². The zero-order chi connectivity index (χ0) is 11.5. The summed E-state index contributed by atoms with van der Waals surface area (Å²) in [7, 11) is 0. The van der Waals surface area contributed by atoms with E-state index in [-0.39, 0.29) is 11.4 Å². The van der Waals surface area contributed by atoms with E-state index in [9.17, 15) is 9.59 Å². The number of amides is 2. The van der Waals surface area contributed by atoms with E-state index in [0.717, 1.165) is 6.42 Å². The van der Waals surface area contributed by atoms with Gasteiger partial charge in [-0.1, -0.05) is 0 Å². The Morgan fingerprint density at radius 2 is 2.20 bits per heavy atom. The molecule has 2 N–H and O–H groups in total. The molecule has 0 unspecified atom stereocenters. The maximum atomic E-state index is 11.4. The summed E-state index contributed by atoms with van der Waals surface area (Å²) < 4.78 is 5.02. The van der Waals surface area contributed by atoms with Crippen molar-refractivity contribution in [2.24, 2.45) is 0 Å². The van der Waals surface area contributed by atoms with Crippen molar-refractivity contribution in [3.8, 4) is 0 Å². The van der Waals surface area contributed by atoms with Gasteiger partial charge in [-0.05, 0) is 33.6 Å². The average molecular weight is 214 g/mol. The van der Waals surface area contributed by atoms with Gasteiger partial charge in [0.2, 0.25) is 0 Å². The molecule has 0 aliphatic carbocycles. The van der Waals surface area contributed by atoms with Crippen molar-refractivity contribution in [2.45, 2.75) is 45.3 Å². The molecule has 0 bridgehead atoms. The van der Waals surface area contributed by atoms with Gasteiger partial charge in [0.25, 0.3) is 5.91 Å². The summed E-state index contributed by atoms with van der Waals surface area (Å²) in [4.78, 5) is 22.6. The Hall–Kier alpha value is -1.26. The van der Waals surface area contributed by atoms with Crippen LogP contribution in [0.15, 0.2) is 0 Å². The second kappa shape index (κ2) is 4.51. The van der Waals surface area contributed by atoms with Gasteiger partial charge in [0.1, 0.15) is 0 Å². The van der Waals surface area contributed by atoms with Crippen LogP contribution in [0.2, 0.25) is 0 Å². The molecule has 5 heteroatoms. The summed E-state index contributed by atoms with van der Waals surface area (Å²) in [5.41, 5.74) is -0.345. The van der Waals surface area contributed by atoms with Gasteiger partial charge < -0.3 is 15.4 Å². The van der Waals surface area contributed by atoms with Crippen LogP contribution in [-0.2, 0) is 9.53 Å². The van der Waals surface area contributed by atoms with Gasteiger partial charge in [-0.25, -0.2) is 4.79 Å². The van der Waals surface area contributed by atoms with Gasteiger partial charge in [0, 0.05) is 12.1 Å². The predicted molar refractivity (Wildman–Crippen MR) is 55.4 cm³/mol. The minimum Gasteiger partial charge on any atom is -0.436 e. The maximum absolute atomic E-state index is 11.4. The SMILES string of the molecule is CC(C)(C)NC(=O)O[C@H]1CCCNC1=O. The first-order valence-electron chi connectivity index (χ1n) is 5.15. The third-order valence-electron chi connectivity index (χ3n) is 1.96. The second-order valence-corrected chi connectivity index (χ2v) is 4.70. The third-order valence-corrected chi connectivity index (χ3v) is 1.96. The number of alkyl carbamates (subject to hydrolysis) is 1. The predicted octanol–water partition coefficient (Wildman–Crippen LogP) is 0.790. The Balaban J connectivity index is 2.40. The van der Waals surface area contributed by atoms with Gasteiger partial charge in [0.05, 0.1) is 0 Å². The molecule has 2 amide bonds. The molecule has 1 aliphatic heterocycles. The standard InChI is InChI=1S/C10H18N2O3/c1-10(2,3)12-9(14)15-7-5-4-6-11-8(7)13/h7H,4-6H2,1-3H3,(H,11,13)(H,12,14)/t7-/m0/s1. The molecule has 1 rings (SSSR count). The number of hydrogen-bond donors (Lipinski definition) is 2. The number of nitrogens with one attached hydrogen (secondary N) is 2. The zero-order valence-electron chi connectivity index (χ0n) is 9.42. The molecule has 1 heterocycles. The van der Waals surface area contributed by atoms with Crippen molar-refractivity contribution in [3.63, 3.8) is 0 Å². The van der Waals surface area contributed by atoms with E-state index in [4.69, 9.17) is 4.74 Å². The van der Waals surface area contributed by atoms with Crippen molar-refractivity contribution in [1.82, 2.24) is 10.6 Å². The molecule has 1 saturated heterocycles. The van der Waals surface area contributed by atoms with Gasteiger partial charge >= 0.3 is 6.09 Å². The molecule has 5 nitrogen and oxygen atoms in total. The summed E-state index contributed by atoms with van der Waals surface area (Å²) in [6, 6.07) is 0. The highest BCUT2D eigenvalue weighted by Crippen LogP contribution is 2.08. The molecule has 0 aromatic carbocycles. The largest absolute Gasteiger partial charge is 0.436 e. The lowest BCUT2D eigenvalue weighted by molar-refractivity contribution is -0.131. The van der Waals surface area contributed by atoms with E-state index in [0.29, 0.717) is 13.0 Å². The zero-order valence-corrected chi connectivity index (χ0v) is 9.42. The molecular weight excluding hydrogens is 196 g/mol. The first kappa shape index (κ1) is 11.8. The molecule has 0 radical (unpaired) electrons. The summed E-state index contributed by atoms with van der Waals surface area (Å²) in [6.07, 6.45) is 0.272. The average Bonchev–Trinajstić information content (AvgIpc) is 2.05. The summed E-state index contributed by atoms with van der Waals surface area (Å²) in [5, 5.41) is 5.30. The number of carbonyl (C=O) groups is 2. The molecule has 0 saturated carbocycles. The Morgan fingerprint density at radius 3 is 2.73 bits per heavy atom. The monoisotopic (exact) mass is 214 g/mol. The molecule has 1 atom stereocenters. The van der Waals surface area contributed by atoms with Crippen LogP contribution in [0.5, 0.6) is 0 Å².